The van der Waals surface area contributed by atoms with Crippen LogP contribution in [0.25, 0.3) is 0 Å². The molecule has 0 radical (unpaired) electrons. The highest BCUT2D eigenvalue weighted by Crippen LogP contribution is 2.42. The number of carbonyl (C=O) groups is 2. The van der Waals surface area contributed by atoms with Gasteiger partial charge in [-0.3, -0.25) is 14.3 Å². The second-order valence-electron chi connectivity index (χ2n) is 6.62. The Balaban J connectivity index is 2.35. The molecule has 7 nitrogen and oxygen atoms in total. The van der Waals surface area contributed by atoms with Gasteiger partial charge in [-0.25, -0.2) is 0 Å². The van der Waals surface area contributed by atoms with Crippen molar-refractivity contribution in [2.45, 2.75) is 45.3 Å². The summed E-state index contributed by atoms with van der Waals surface area (Å²) in [6, 6.07) is -0.360. The van der Waals surface area contributed by atoms with Gasteiger partial charge in [-0.2, -0.15) is 5.10 Å². The molecule has 2 heterocycles. The van der Waals surface area contributed by atoms with Crippen LogP contribution in [0.15, 0.2) is 12.4 Å². The first-order valence-corrected chi connectivity index (χ1v) is 7.38. The monoisotopic (exact) mass is 308 g/mol. The van der Waals surface area contributed by atoms with E-state index in [2.05, 4.69) is 5.10 Å². The molecule has 0 spiro atoms. The zero-order chi connectivity index (χ0) is 16.5. The summed E-state index contributed by atoms with van der Waals surface area (Å²) in [5, 5.41) is 4.28. The van der Waals surface area contributed by atoms with E-state index < -0.39 is 11.8 Å². The maximum Gasteiger partial charge on any atom is 0.224 e. The molecule has 2 rings (SSSR count). The van der Waals surface area contributed by atoms with Gasteiger partial charge in [-0.05, 0) is 20.8 Å². The van der Waals surface area contributed by atoms with Crippen molar-refractivity contribution in [3.8, 4) is 0 Å². The molecule has 22 heavy (non-hydrogen) atoms. The number of likely N-dealkylation sites (tertiary alicyclic amines) is 1. The van der Waals surface area contributed by atoms with E-state index in [-0.39, 0.29) is 23.9 Å². The van der Waals surface area contributed by atoms with Crippen molar-refractivity contribution >= 4 is 11.8 Å². The van der Waals surface area contributed by atoms with Crippen molar-refractivity contribution < 1.29 is 14.3 Å². The number of nitrogens with zero attached hydrogens (tertiary/aromatic N) is 3. The Labute approximate surface area is 130 Å². The lowest BCUT2D eigenvalue weighted by Crippen LogP contribution is -2.44. The summed E-state index contributed by atoms with van der Waals surface area (Å²) in [7, 11) is 1.63. The van der Waals surface area contributed by atoms with Crippen molar-refractivity contribution in [3.05, 3.63) is 18.0 Å². The smallest absolute Gasteiger partial charge is 0.224 e. The second-order valence-corrected chi connectivity index (χ2v) is 6.62. The first kappa shape index (κ1) is 16.5. The number of ether oxygens (including phenoxy) is 1. The van der Waals surface area contributed by atoms with E-state index in [1.165, 1.54) is 0 Å². The minimum absolute atomic E-state index is 0.0501. The maximum absolute atomic E-state index is 12.4. The van der Waals surface area contributed by atoms with Crippen LogP contribution in [0.3, 0.4) is 0 Å². The van der Waals surface area contributed by atoms with Crippen LogP contribution < -0.4 is 5.73 Å². The molecular weight excluding hydrogens is 284 g/mol. The lowest BCUT2D eigenvalue weighted by Gasteiger charge is -2.37. The third-order valence-electron chi connectivity index (χ3n) is 3.93. The molecule has 2 amide bonds. The van der Waals surface area contributed by atoms with Crippen LogP contribution in [0, 0.1) is 5.92 Å². The molecule has 0 saturated carbocycles. The van der Waals surface area contributed by atoms with Crippen LogP contribution in [0.2, 0.25) is 0 Å². The van der Waals surface area contributed by atoms with Crippen LogP contribution in [0.4, 0.5) is 0 Å². The number of aromatic nitrogens is 2. The quantitative estimate of drug-likeness (QED) is 0.867. The molecule has 1 aromatic heterocycles. The molecule has 1 fully saturated rings. The molecule has 2 atom stereocenters. The highest BCUT2D eigenvalue weighted by atomic mass is 16.5. The van der Waals surface area contributed by atoms with E-state index in [4.69, 9.17) is 10.5 Å². The average Bonchev–Trinajstić information content (AvgIpc) is 2.99. The van der Waals surface area contributed by atoms with Gasteiger partial charge in [0.1, 0.15) is 0 Å². The van der Waals surface area contributed by atoms with E-state index >= 15 is 0 Å². The van der Waals surface area contributed by atoms with Gasteiger partial charge in [0.05, 0.1) is 31.3 Å². The molecule has 0 bridgehead atoms. The highest BCUT2D eigenvalue weighted by Gasteiger charge is 2.48. The minimum atomic E-state index is -0.521. The standard InChI is InChI=1S/C15H24N4O3/c1-15(2,3)19-12(20)7-11(14(16)21)13(19)10-8-17-18(9-10)5-6-22-4/h8-9,11,13H,5-7H2,1-4H3,(H2,16,21)/t11-,13-/m1/s1. The van der Waals surface area contributed by atoms with E-state index in [0.717, 1.165) is 5.56 Å². The van der Waals surface area contributed by atoms with Crippen LogP contribution >= 0.6 is 0 Å². The largest absolute Gasteiger partial charge is 0.383 e. The number of carbonyl (C=O) groups excluding carboxylic acids is 2. The molecule has 1 aliphatic rings. The number of primary amides is 1. The molecular formula is C15H24N4O3. The van der Waals surface area contributed by atoms with Crippen LogP contribution in [-0.4, -0.2) is 45.8 Å². The zero-order valence-electron chi connectivity index (χ0n) is 13.6. The molecule has 7 heteroatoms. The van der Waals surface area contributed by atoms with Gasteiger partial charge in [0.15, 0.2) is 0 Å². The number of amides is 2. The SMILES string of the molecule is COCCn1cc([C@@H]2[C@H](C(N)=O)CC(=O)N2C(C)(C)C)cn1. The summed E-state index contributed by atoms with van der Waals surface area (Å²) < 4.78 is 6.78. The van der Waals surface area contributed by atoms with Crippen molar-refractivity contribution in [2.75, 3.05) is 13.7 Å². The summed E-state index contributed by atoms with van der Waals surface area (Å²) >= 11 is 0. The van der Waals surface area contributed by atoms with E-state index in [0.29, 0.717) is 13.2 Å². The molecule has 122 valence electrons. The Morgan fingerprint density at radius 1 is 1.50 bits per heavy atom. The van der Waals surface area contributed by atoms with Gasteiger partial charge in [0, 0.05) is 30.8 Å². The number of hydrogen-bond acceptors (Lipinski definition) is 4. The lowest BCUT2D eigenvalue weighted by atomic mass is 9.93. The molecule has 1 saturated heterocycles. The fourth-order valence-corrected chi connectivity index (χ4v) is 3.00. The minimum Gasteiger partial charge on any atom is -0.383 e. The van der Waals surface area contributed by atoms with Gasteiger partial charge >= 0.3 is 0 Å². The van der Waals surface area contributed by atoms with Crippen molar-refractivity contribution in [3.63, 3.8) is 0 Å². The number of hydrogen-bond donors (Lipinski definition) is 1. The summed E-state index contributed by atoms with van der Waals surface area (Å²) in [6.07, 6.45) is 3.71. The molecule has 0 aliphatic carbocycles. The van der Waals surface area contributed by atoms with Gasteiger partial charge in [0.25, 0.3) is 0 Å². The zero-order valence-corrected chi connectivity index (χ0v) is 13.6. The third kappa shape index (κ3) is 3.14. The molecule has 0 aromatic carbocycles. The topological polar surface area (TPSA) is 90.4 Å². The van der Waals surface area contributed by atoms with Crippen molar-refractivity contribution in [2.24, 2.45) is 11.7 Å². The summed E-state index contributed by atoms with van der Waals surface area (Å²) in [6.45, 7) is 7.03. The number of methoxy groups -OCH3 is 1. The third-order valence-corrected chi connectivity index (χ3v) is 3.93. The Morgan fingerprint density at radius 2 is 2.18 bits per heavy atom. The Morgan fingerprint density at radius 3 is 2.73 bits per heavy atom. The Hall–Kier alpha value is -1.89. The van der Waals surface area contributed by atoms with Gasteiger partial charge in [0.2, 0.25) is 11.8 Å². The fraction of sp³-hybridized carbons (Fsp3) is 0.667. The molecule has 1 aliphatic heterocycles. The van der Waals surface area contributed by atoms with E-state index in [1.807, 2.05) is 27.0 Å². The van der Waals surface area contributed by atoms with Crippen LogP contribution in [0.5, 0.6) is 0 Å². The molecule has 2 N–H and O–H groups in total. The Bertz CT molecular complexity index is 561. The lowest BCUT2D eigenvalue weighted by molar-refractivity contribution is -0.133. The van der Waals surface area contributed by atoms with Gasteiger partial charge in [-0.15, -0.1) is 0 Å². The first-order chi connectivity index (χ1) is 10.3. The van der Waals surface area contributed by atoms with E-state index in [1.54, 1.807) is 22.9 Å². The van der Waals surface area contributed by atoms with Crippen LogP contribution in [0.1, 0.15) is 38.8 Å². The average molecular weight is 308 g/mol. The summed E-state index contributed by atoms with van der Waals surface area (Å²) in [4.78, 5) is 25.9. The normalized spacial score (nSPS) is 22.4. The van der Waals surface area contributed by atoms with Crippen LogP contribution in [-0.2, 0) is 20.9 Å². The number of rotatable bonds is 5. The summed E-state index contributed by atoms with van der Waals surface area (Å²) in [5.74, 6) is -1.02. The van der Waals surface area contributed by atoms with Gasteiger partial charge in [-0.1, -0.05) is 0 Å². The summed E-state index contributed by atoms with van der Waals surface area (Å²) in [5.41, 5.74) is 5.96. The Kier molecular flexibility index (Phi) is 4.55. The van der Waals surface area contributed by atoms with Crippen molar-refractivity contribution in [1.29, 1.82) is 0 Å². The van der Waals surface area contributed by atoms with Crippen molar-refractivity contribution in [1.82, 2.24) is 14.7 Å². The maximum atomic E-state index is 12.4. The fourth-order valence-electron chi connectivity index (χ4n) is 3.00. The highest BCUT2D eigenvalue weighted by molar-refractivity contribution is 5.90. The molecule has 1 aromatic rings. The predicted molar refractivity (Wildman–Crippen MR) is 80.7 cm³/mol. The second kappa shape index (κ2) is 6.08. The molecule has 0 unspecified atom stereocenters. The first-order valence-electron chi connectivity index (χ1n) is 7.38. The number of nitrogens with two attached hydrogens (primary N) is 1. The van der Waals surface area contributed by atoms with E-state index in [9.17, 15) is 9.59 Å². The predicted octanol–water partition coefficient (Wildman–Crippen LogP) is 0.703. The van der Waals surface area contributed by atoms with Gasteiger partial charge < -0.3 is 15.4 Å².